The molecule has 0 fully saturated rings. The Hall–Kier alpha value is -2.30. The van der Waals surface area contributed by atoms with Crippen molar-refractivity contribution in [2.45, 2.75) is 0 Å². The van der Waals surface area contributed by atoms with Crippen molar-refractivity contribution in [3.63, 3.8) is 0 Å². The first kappa shape index (κ1) is 11.2. The molecule has 0 radical (unpaired) electrons. The van der Waals surface area contributed by atoms with Crippen LogP contribution in [-0.4, -0.2) is 24.1 Å². The third-order valence-corrected chi connectivity index (χ3v) is 2.37. The molecule has 0 aliphatic carbocycles. The lowest BCUT2D eigenvalue weighted by molar-refractivity contribution is 1.13. The normalized spacial score (nSPS) is 10.0. The minimum Gasteiger partial charge on any atom is -0.381 e. The molecule has 17 heavy (non-hydrogen) atoms. The topological polar surface area (TPSA) is 67.1 Å². The van der Waals surface area contributed by atoms with Gasteiger partial charge in [-0.15, -0.1) is 0 Å². The smallest absolute Gasteiger partial charge is 0.173 e. The summed E-state index contributed by atoms with van der Waals surface area (Å²) < 4.78 is 0. The minimum atomic E-state index is 0.393. The van der Waals surface area contributed by atoms with Gasteiger partial charge >= 0.3 is 0 Å². The van der Waals surface area contributed by atoms with Crippen LogP contribution in [-0.2, 0) is 0 Å². The van der Waals surface area contributed by atoms with E-state index in [4.69, 9.17) is 5.73 Å². The molecule has 0 spiro atoms. The van der Waals surface area contributed by atoms with Gasteiger partial charge in [-0.3, -0.25) is 0 Å². The summed E-state index contributed by atoms with van der Waals surface area (Å²) in [6.07, 6.45) is 3.17. The maximum absolute atomic E-state index is 5.70. The van der Waals surface area contributed by atoms with Crippen LogP contribution in [0.15, 0.2) is 36.7 Å². The number of nitrogen functional groups attached to an aromatic ring is 1. The Morgan fingerprint density at radius 3 is 2.29 bits per heavy atom. The zero-order chi connectivity index (χ0) is 12.3. The second-order valence-electron chi connectivity index (χ2n) is 3.86. The number of nitrogens with zero attached hydrogens (tertiary/aromatic N) is 3. The van der Waals surface area contributed by atoms with Gasteiger partial charge in [0.05, 0.1) is 0 Å². The summed E-state index contributed by atoms with van der Waals surface area (Å²) in [6, 6.07) is 8.00. The molecule has 0 unspecified atom stereocenters. The molecule has 1 heterocycles. The Kier molecular flexibility index (Phi) is 3.09. The van der Waals surface area contributed by atoms with Crippen molar-refractivity contribution < 1.29 is 0 Å². The molecule has 0 saturated carbocycles. The molecule has 0 amide bonds. The highest BCUT2D eigenvalue weighted by Crippen LogP contribution is 2.20. The fourth-order valence-electron chi connectivity index (χ4n) is 1.42. The summed E-state index contributed by atoms with van der Waals surface area (Å²) in [6.45, 7) is 0. The number of rotatable bonds is 3. The summed E-state index contributed by atoms with van der Waals surface area (Å²) >= 11 is 0. The van der Waals surface area contributed by atoms with E-state index in [-0.39, 0.29) is 0 Å². The van der Waals surface area contributed by atoms with Crippen molar-refractivity contribution in [2.75, 3.05) is 30.0 Å². The van der Waals surface area contributed by atoms with Crippen molar-refractivity contribution in [3.05, 3.63) is 36.7 Å². The van der Waals surface area contributed by atoms with Crippen molar-refractivity contribution in [1.29, 1.82) is 0 Å². The quantitative estimate of drug-likeness (QED) is 0.841. The van der Waals surface area contributed by atoms with Crippen LogP contribution in [0.1, 0.15) is 0 Å². The summed E-state index contributed by atoms with van der Waals surface area (Å²) in [7, 11) is 4.01. The van der Waals surface area contributed by atoms with Gasteiger partial charge in [-0.05, 0) is 24.3 Å². The molecule has 5 heteroatoms. The number of benzene rings is 1. The van der Waals surface area contributed by atoms with Crippen molar-refractivity contribution in [2.24, 2.45) is 0 Å². The molecule has 0 atom stereocenters. The number of anilines is 4. The van der Waals surface area contributed by atoms with Crippen LogP contribution in [0, 0.1) is 0 Å². The monoisotopic (exact) mass is 229 g/mol. The standard InChI is InChI=1S/C12H15N5/c1-17(2)10-5-3-9(4-6-10)16-12-11(13)14-7-8-15-12/h3-8H,1-2H3,(H2,13,14)(H,15,16). The van der Waals surface area contributed by atoms with Gasteiger partial charge in [0.25, 0.3) is 0 Å². The largest absolute Gasteiger partial charge is 0.381 e. The lowest BCUT2D eigenvalue weighted by Gasteiger charge is -2.13. The van der Waals surface area contributed by atoms with Crippen molar-refractivity contribution in [1.82, 2.24) is 9.97 Å². The molecule has 5 nitrogen and oxygen atoms in total. The average molecular weight is 229 g/mol. The maximum atomic E-state index is 5.70. The first-order chi connectivity index (χ1) is 8.16. The first-order valence-corrected chi connectivity index (χ1v) is 5.28. The highest BCUT2D eigenvalue weighted by Gasteiger charge is 2.01. The molecule has 0 aliphatic rings. The highest BCUT2D eigenvalue weighted by molar-refractivity contribution is 5.66. The van der Waals surface area contributed by atoms with E-state index in [2.05, 4.69) is 15.3 Å². The lowest BCUT2D eigenvalue weighted by Crippen LogP contribution is -2.08. The zero-order valence-corrected chi connectivity index (χ0v) is 9.88. The van der Waals surface area contributed by atoms with Crippen LogP contribution >= 0.6 is 0 Å². The Morgan fingerprint density at radius 2 is 1.71 bits per heavy atom. The van der Waals surface area contributed by atoms with E-state index in [1.807, 2.05) is 43.3 Å². The molecule has 2 rings (SSSR count). The third-order valence-electron chi connectivity index (χ3n) is 2.37. The highest BCUT2D eigenvalue weighted by atomic mass is 15.1. The SMILES string of the molecule is CN(C)c1ccc(Nc2nccnc2N)cc1. The van der Waals surface area contributed by atoms with Crippen LogP contribution in [0.4, 0.5) is 23.0 Å². The van der Waals surface area contributed by atoms with Gasteiger partial charge in [0.1, 0.15) is 0 Å². The summed E-state index contributed by atoms with van der Waals surface area (Å²) in [5, 5.41) is 3.12. The van der Waals surface area contributed by atoms with Gasteiger partial charge in [0.15, 0.2) is 11.6 Å². The molecule has 1 aromatic heterocycles. The van der Waals surface area contributed by atoms with Gasteiger partial charge in [-0.25, -0.2) is 9.97 Å². The van der Waals surface area contributed by atoms with E-state index in [1.54, 1.807) is 12.4 Å². The predicted molar refractivity (Wildman–Crippen MR) is 70.5 cm³/mol. The number of nitrogens with two attached hydrogens (primary N) is 1. The Bertz CT molecular complexity index is 493. The molecule has 88 valence electrons. The number of aromatic nitrogens is 2. The van der Waals surface area contributed by atoms with Crippen LogP contribution in [0.25, 0.3) is 0 Å². The van der Waals surface area contributed by atoms with Crippen LogP contribution in [0.2, 0.25) is 0 Å². The fourth-order valence-corrected chi connectivity index (χ4v) is 1.42. The molecule has 0 bridgehead atoms. The molecule has 3 N–H and O–H groups in total. The first-order valence-electron chi connectivity index (χ1n) is 5.28. The van der Waals surface area contributed by atoms with Crippen LogP contribution < -0.4 is 16.0 Å². The molecule has 1 aromatic carbocycles. The minimum absolute atomic E-state index is 0.393. The molecular weight excluding hydrogens is 214 g/mol. The summed E-state index contributed by atoms with van der Waals surface area (Å²) in [4.78, 5) is 10.1. The Morgan fingerprint density at radius 1 is 1.06 bits per heavy atom. The predicted octanol–water partition coefficient (Wildman–Crippen LogP) is 1.87. The Balaban J connectivity index is 2.17. The lowest BCUT2D eigenvalue weighted by atomic mass is 10.2. The van der Waals surface area contributed by atoms with E-state index in [1.165, 1.54) is 0 Å². The average Bonchev–Trinajstić information content (AvgIpc) is 2.33. The van der Waals surface area contributed by atoms with E-state index >= 15 is 0 Å². The van der Waals surface area contributed by atoms with Gasteiger partial charge in [0, 0.05) is 37.9 Å². The summed E-state index contributed by atoms with van der Waals surface area (Å²) in [5.74, 6) is 0.967. The maximum Gasteiger partial charge on any atom is 0.173 e. The van der Waals surface area contributed by atoms with Gasteiger partial charge in [-0.1, -0.05) is 0 Å². The number of nitrogens with one attached hydrogen (secondary N) is 1. The van der Waals surface area contributed by atoms with Gasteiger partial charge in [-0.2, -0.15) is 0 Å². The fraction of sp³-hybridized carbons (Fsp3) is 0.167. The molecule has 0 saturated heterocycles. The van der Waals surface area contributed by atoms with Crippen LogP contribution in [0.5, 0.6) is 0 Å². The van der Waals surface area contributed by atoms with Gasteiger partial charge < -0.3 is 16.0 Å². The number of hydrogen-bond acceptors (Lipinski definition) is 5. The molecule has 0 aliphatic heterocycles. The van der Waals surface area contributed by atoms with Crippen molar-refractivity contribution in [3.8, 4) is 0 Å². The molecule has 2 aromatic rings. The second-order valence-corrected chi connectivity index (χ2v) is 3.86. The Labute approximate surface area is 100 Å². The molecular formula is C12H15N5. The van der Waals surface area contributed by atoms with E-state index < -0.39 is 0 Å². The second kappa shape index (κ2) is 4.69. The van der Waals surface area contributed by atoms with Crippen molar-refractivity contribution >= 4 is 23.0 Å². The van der Waals surface area contributed by atoms with Gasteiger partial charge in [0.2, 0.25) is 0 Å². The van der Waals surface area contributed by atoms with E-state index in [0.717, 1.165) is 11.4 Å². The van der Waals surface area contributed by atoms with Crippen LogP contribution in [0.3, 0.4) is 0 Å². The van der Waals surface area contributed by atoms with E-state index in [9.17, 15) is 0 Å². The van der Waals surface area contributed by atoms with E-state index in [0.29, 0.717) is 11.6 Å². The number of hydrogen-bond donors (Lipinski definition) is 2. The third kappa shape index (κ3) is 2.63. The summed E-state index contributed by atoms with van der Waals surface area (Å²) in [5.41, 5.74) is 7.78. The zero-order valence-electron chi connectivity index (χ0n) is 9.88.